The van der Waals surface area contributed by atoms with Crippen LogP contribution >= 0.6 is 15.9 Å². The second-order valence-electron chi connectivity index (χ2n) is 7.37. The number of rotatable bonds is 7. The molecular formula is C16H27BrFNO5. The molecule has 0 aliphatic rings. The van der Waals surface area contributed by atoms with E-state index in [2.05, 4.69) is 25.9 Å². The SMILES string of the molecule is CON=C[C@@H](F)C(OC(=O)C(C)(C)C)C(Br)COC(=O)C(C)(C)C. The van der Waals surface area contributed by atoms with E-state index in [0.29, 0.717) is 0 Å². The van der Waals surface area contributed by atoms with E-state index in [1.54, 1.807) is 41.5 Å². The molecule has 24 heavy (non-hydrogen) atoms. The van der Waals surface area contributed by atoms with E-state index in [-0.39, 0.29) is 6.61 Å². The summed E-state index contributed by atoms with van der Waals surface area (Å²) < 4.78 is 24.7. The zero-order chi connectivity index (χ0) is 19.1. The monoisotopic (exact) mass is 411 g/mol. The average molecular weight is 412 g/mol. The number of nitrogens with zero attached hydrogens (tertiary/aromatic N) is 1. The molecule has 3 atom stereocenters. The molecule has 6 nitrogen and oxygen atoms in total. The molecule has 0 fully saturated rings. The van der Waals surface area contributed by atoms with E-state index in [0.717, 1.165) is 6.21 Å². The minimum atomic E-state index is -1.73. The molecule has 0 bridgehead atoms. The van der Waals surface area contributed by atoms with Gasteiger partial charge in [-0.25, -0.2) is 4.39 Å². The van der Waals surface area contributed by atoms with Gasteiger partial charge in [0.1, 0.15) is 13.7 Å². The quantitative estimate of drug-likeness (QED) is 0.278. The number of hydrogen-bond acceptors (Lipinski definition) is 6. The van der Waals surface area contributed by atoms with Crippen LogP contribution in [0, 0.1) is 10.8 Å². The van der Waals surface area contributed by atoms with E-state index in [9.17, 15) is 14.0 Å². The van der Waals surface area contributed by atoms with Crippen LogP contribution in [0.25, 0.3) is 0 Å². The predicted molar refractivity (Wildman–Crippen MR) is 92.9 cm³/mol. The Balaban J connectivity index is 5.06. The zero-order valence-corrected chi connectivity index (χ0v) is 16.8. The second kappa shape index (κ2) is 9.34. The highest BCUT2D eigenvalue weighted by Gasteiger charge is 2.36. The van der Waals surface area contributed by atoms with Gasteiger partial charge in [-0.2, -0.15) is 0 Å². The Bertz CT molecular complexity index is 456. The van der Waals surface area contributed by atoms with Gasteiger partial charge < -0.3 is 14.3 Å². The lowest BCUT2D eigenvalue weighted by Crippen LogP contribution is -2.42. The number of hydrogen-bond donors (Lipinski definition) is 0. The van der Waals surface area contributed by atoms with Crippen LogP contribution in [0.15, 0.2) is 5.16 Å². The molecule has 0 amide bonds. The van der Waals surface area contributed by atoms with E-state index >= 15 is 0 Å². The van der Waals surface area contributed by atoms with Crippen molar-refractivity contribution in [1.29, 1.82) is 0 Å². The lowest BCUT2D eigenvalue weighted by molar-refractivity contribution is -0.162. The van der Waals surface area contributed by atoms with Crippen LogP contribution in [0.1, 0.15) is 41.5 Å². The van der Waals surface area contributed by atoms with E-state index in [1.807, 2.05) is 0 Å². The first-order chi connectivity index (χ1) is 10.8. The first kappa shape index (κ1) is 22.8. The summed E-state index contributed by atoms with van der Waals surface area (Å²) in [6.07, 6.45) is -2.06. The molecule has 0 radical (unpaired) electrons. The fourth-order valence-electron chi connectivity index (χ4n) is 1.31. The Hall–Kier alpha value is -1.18. The van der Waals surface area contributed by atoms with Crippen molar-refractivity contribution in [2.75, 3.05) is 13.7 Å². The molecule has 0 aromatic rings. The number of oxime groups is 1. The number of halogens is 2. The summed E-state index contributed by atoms with van der Waals surface area (Å²) in [6, 6.07) is 0. The van der Waals surface area contributed by atoms with Crippen molar-refractivity contribution in [3.05, 3.63) is 0 Å². The Morgan fingerprint density at radius 1 is 1.12 bits per heavy atom. The average Bonchev–Trinajstić information content (AvgIpc) is 2.44. The van der Waals surface area contributed by atoms with Gasteiger partial charge in [-0.15, -0.1) is 0 Å². The molecule has 0 aliphatic heterocycles. The van der Waals surface area contributed by atoms with Gasteiger partial charge in [0.05, 0.1) is 21.9 Å². The van der Waals surface area contributed by atoms with Gasteiger partial charge in [-0.05, 0) is 41.5 Å². The van der Waals surface area contributed by atoms with Crippen molar-refractivity contribution in [2.45, 2.75) is 58.6 Å². The largest absolute Gasteiger partial charge is 0.464 e. The van der Waals surface area contributed by atoms with Crippen molar-refractivity contribution in [1.82, 2.24) is 0 Å². The summed E-state index contributed by atoms with van der Waals surface area (Å²) in [5.74, 6) is -1.01. The summed E-state index contributed by atoms with van der Waals surface area (Å²) in [5.41, 5.74) is -1.48. The van der Waals surface area contributed by atoms with Crippen LogP contribution in [0.4, 0.5) is 4.39 Å². The topological polar surface area (TPSA) is 74.2 Å². The molecule has 0 spiro atoms. The molecule has 0 aromatic carbocycles. The Labute approximate surface area is 151 Å². The fourth-order valence-corrected chi connectivity index (χ4v) is 1.84. The highest BCUT2D eigenvalue weighted by atomic mass is 79.9. The normalized spacial score (nSPS) is 16.4. The molecular weight excluding hydrogens is 385 g/mol. The third-order valence-corrected chi connectivity index (χ3v) is 3.61. The molecule has 0 N–H and O–H groups in total. The minimum Gasteiger partial charge on any atom is -0.464 e. The van der Waals surface area contributed by atoms with Gasteiger partial charge in [0.25, 0.3) is 0 Å². The molecule has 0 rings (SSSR count). The number of alkyl halides is 2. The van der Waals surface area contributed by atoms with Gasteiger partial charge in [0, 0.05) is 0 Å². The van der Waals surface area contributed by atoms with Crippen molar-refractivity contribution in [3.8, 4) is 0 Å². The first-order valence-electron chi connectivity index (χ1n) is 7.53. The zero-order valence-electron chi connectivity index (χ0n) is 15.3. The lowest BCUT2D eigenvalue weighted by Gasteiger charge is -2.28. The Morgan fingerprint density at radius 3 is 2.04 bits per heavy atom. The Kier molecular flexibility index (Phi) is 8.88. The first-order valence-corrected chi connectivity index (χ1v) is 8.45. The fraction of sp³-hybridized carbons (Fsp3) is 0.812. The van der Waals surface area contributed by atoms with Gasteiger partial charge in [0.2, 0.25) is 0 Å². The summed E-state index contributed by atoms with van der Waals surface area (Å²) in [6.45, 7) is 9.94. The number of esters is 2. The lowest BCUT2D eigenvalue weighted by atomic mass is 9.97. The van der Waals surface area contributed by atoms with Gasteiger partial charge in [0.15, 0.2) is 12.3 Å². The van der Waals surface area contributed by atoms with Crippen LogP contribution in [0.2, 0.25) is 0 Å². The highest BCUT2D eigenvalue weighted by Crippen LogP contribution is 2.23. The minimum absolute atomic E-state index is 0.153. The van der Waals surface area contributed by atoms with Crippen LogP contribution < -0.4 is 0 Å². The van der Waals surface area contributed by atoms with Crippen molar-refractivity contribution in [2.24, 2.45) is 16.0 Å². The molecule has 8 heteroatoms. The number of carbonyl (C=O) groups excluding carboxylic acids is 2. The van der Waals surface area contributed by atoms with E-state index < -0.39 is 39.9 Å². The maximum atomic E-state index is 14.3. The third-order valence-electron chi connectivity index (χ3n) is 2.82. The van der Waals surface area contributed by atoms with Crippen LogP contribution in [-0.2, 0) is 23.9 Å². The van der Waals surface area contributed by atoms with Gasteiger partial charge in [-0.3, -0.25) is 9.59 Å². The number of carbonyl (C=O) groups is 2. The van der Waals surface area contributed by atoms with Crippen molar-refractivity contribution < 1.29 is 28.3 Å². The summed E-state index contributed by atoms with van der Waals surface area (Å²) in [7, 11) is 1.27. The Morgan fingerprint density at radius 2 is 1.62 bits per heavy atom. The van der Waals surface area contributed by atoms with Crippen molar-refractivity contribution in [3.63, 3.8) is 0 Å². The standard InChI is InChI=1S/C16H27BrFNO5/c1-15(2,3)13(20)23-9-10(17)12(11(18)8-19-22-7)24-14(21)16(4,5)6/h8,10-12H,9H2,1-7H3/t10?,11-,12?/m1/s1. The van der Waals surface area contributed by atoms with Crippen molar-refractivity contribution >= 4 is 34.1 Å². The maximum absolute atomic E-state index is 14.3. The molecule has 0 aromatic heterocycles. The molecule has 0 aliphatic carbocycles. The number of ether oxygens (including phenoxy) is 2. The predicted octanol–water partition coefficient (Wildman–Crippen LogP) is 3.27. The van der Waals surface area contributed by atoms with Crippen LogP contribution in [-0.4, -0.2) is 49.0 Å². The highest BCUT2D eigenvalue weighted by molar-refractivity contribution is 9.09. The molecule has 0 heterocycles. The van der Waals surface area contributed by atoms with Crippen LogP contribution in [0.3, 0.4) is 0 Å². The maximum Gasteiger partial charge on any atom is 0.311 e. The summed E-state index contributed by atoms with van der Waals surface area (Å²) >= 11 is 3.23. The second-order valence-corrected chi connectivity index (χ2v) is 8.54. The summed E-state index contributed by atoms with van der Waals surface area (Å²) in [5, 5.41) is 3.36. The molecule has 0 saturated heterocycles. The molecule has 140 valence electrons. The van der Waals surface area contributed by atoms with Crippen LogP contribution in [0.5, 0.6) is 0 Å². The van der Waals surface area contributed by atoms with Gasteiger partial charge in [-0.1, -0.05) is 21.1 Å². The van der Waals surface area contributed by atoms with E-state index in [4.69, 9.17) is 9.47 Å². The molecule has 2 unspecified atom stereocenters. The third kappa shape index (κ3) is 8.08. The smallest absolute Gasteiger partial charge is 0.311 e. The van der Waals surface area contributed by atoms with E-state index in [1.165, 1.54) is 7.11 Å². The molecule has 0 saturated carbocycles. The summed E-state index contributed by atoms with van der Waals surface area (Å²) in [4.78, 5) is 27.6. The van der Waals surface area contributed by atoms with Gasteiger partial charge >= 0.3 is 11.9 Å².